The van der Waals surface area contributed by atoms with Gasteiger partial charge in [0.2, 0.25) is 11.8 Å². The van der Waals surface area contributed by atoms with Crippen LogP contribution in [0.1, 0.15) is 6.92 Å². The van der Waals surface area contributed by atoms with Crippen molar-refractivity contribution in [3.8, 4) is 0 Å². The minimum Gasteiger partial charge on any atom is -0.368 e. The van der Waals surface area contributed by atoms with E-state index < -0.39 is 0 Å². The van der Waals surface area contributed by atoms with E-state index in [1.54, 1.807) is 29.2 Å². The topological polar surface area (TPSA) is 93.8 Å². The first kappa shape index (κ1) is 21.4. The Morgan fingerprint density at radius 1 is 0.933 bits per heavy atom. The number of benzene rings is 2. The Balaban J connectivity index is 1.43. The maximum Gasteiger partial charge on any atom is 0.317 e. The number of nitrogens with one attached hydrogen (secondary N) is 3. The summed E-state index contributed by atoms with van der Waals surface area (Å²) in [6, 6.07) is 14.2. The molecule has 4 amide bonds. The monoisotopic (exact) mass is 429 g/mol. The lowest BCUT2D eigenvalue weighted by Gasteiger charge is -2.36. The van der Waals surface area contributed by atoms with E-state index in [0.717, 1.165) is 5.69 Å². The largest absolute Gasteiger partial charge is 0.368 e. The molecule has 1 aliphatic heterocycles. The molecule has 0 saturated carbocycles. The third-order valence-electron chi connectivity index (χ3n) is 4.61. The third kappa shape index (κ3) is 6.12. The number of hydrogen-bond donors (Lipinski definition) is 3. The van der Waals surface area contributed by atoms with Crippen LogP contribution in [0.5, 0.6) is 0 Å². The van der Waals surface area contributed by atoms with Gasteiger partial charge in [-0.05, 0) is 36.4 Å². The van der Waals surface area contributed by atoms with Crippen molar-refractivity contribution in [2.24, 2.45) is 0 Å². The molecular formula is C21H24ClN5O3. The molecule has 2 aromatic carbocycles. The zero-order valence-corrected chi connectivity index (χ0v) is 17.4. The number of carbonyl (C=O) groups is 3. The standard InChI is InChI=1S/C21H24ClN5O3/c1-15(28)24-17-5-3-6-18(13-17)25-20(29)14-23-21(30)27-10-8-26(9-11-27)19-7-2-4-16(22)12-19/h2-7,12-13H,8-11,14H2,1H3,(H,23,30)(H,24,28)(H,25,29). The first-order chi connectivity index (χ1) is 14.4. The van der Waals surface area contributed by atoms with Crippen molar-refractivity contribution >= 4 is 46.5 Å². The van der Waals surface area contributed by atoms with Gasteiger partial charge in [0.15, 0.2) is 0 Å². The SMILES string of the molecule is CC(=O)Nc1cccc(NC(=O)CNC(=O)N2CCN(c3cccc(Cl)c3)CC2)c1. The molecule has 3 rings (SSSR count). The lowest BCUT2D eigenvalue weighted by molar-refractivity contribution is -0.115. The molecule has 1 heterocycles. The summed E-state index contributed by atoms with van der Waals surface area (Å²) < 4.78 is 0. The van der Waals surface area contributed by atoms with Crippen LogP contribution in [0.2, 0.25) is 5.02 Å². The summed E-state index contributed by atoms with van der Waals surface area (Å²) in [6.45, 7) is 3.76. The highest BCUT2D eigenvalue weighted by atomic mass is 35.5. The van der Waals surface area contributed by atoms with E-state index in [1.807, 2.05) is 24.3 Å². The fourth-order valence-electron chi connectivity index (χ4n) is 3.19. The second-order valence-corrected chi connectivity index (χ2v) is 7.36. The lowest BCUT2D eigenvalue weighted by Crippen LogP contribution is -2.52. The molecule has 0 bridgehead atoms. The Morgan fingerprint density at radius 3 is 2.27 bits per heavy atom. The second kappa shape index (κ2) is 9.98. The highest BCUT2D eigenvalue weighted by molar-refractivity contribution is 6.30. The van der Waals surface area contributed by atoms with Crippen molar-refractivity contribution in [3.05, 3.63) is 53.6 Å². The van der Waals surface area contributed by atoms with Gasteiger partial charge in [0.25, 0.3) is 0 Å². The van der Waals surface area contributed by atoms with Crippen molar-refractivity contribution in [3.63, 3.8) is 0 Å². The molecule has 158 valence electrons. The molecule has 0 aromatic heterocycles. The maximum absolute atomic E-state index is 12.4. The number of halogens is 1. The molecular weight excluding hydrogens is 406 g/mol. The number of rotatable bonds is 5. The van der Waals surface area contributed by atoms with E-state index in [1.165, 1.54) is 6.92 Å². The van der Waals surface area contributed by atoms with E-state index in [2.05, 4.69) is 20.9 Å². The van der Waals surface area contributed by atoms with E-state index in [4.69, 9.17) is 11.6 Å². The molecule has 9 heteroatoms. The normalized spacial score (nSPS) is 13.5. The second-order valence-electron chi connectivity index (χ2n) is 6.92. The number of nitrogens with zero attached hydrogens (tertiary/aromatic N) is 2. The van der Waals surface area contributed by atoms with Crippen molar-refractivity contribution < 1.29 is 14.4 Å². The molecule has 0 atom stereocenters. The van der Waals surface area contributed by atoms with Gasteiger partial charge in [-0.15, -0.1) is 0 Å². The Morgan fingerprint density at radius 2 is 1.60 bits per heavy atom. The molecule has 0 spiro atoms. The maximum atomic E-state index is 12.4. The van der Waals surface area contributed by atoms with Crippen LogP contribution in [0.3, 0.4) is 0 Å². The van der Waals surface area contributed by atoms with Gasteiger partial charge in [0.1, 0.15) is 0 Å². The minimum absolute atomic E-state index is 0.141. The summed E-state index contributed by atoms with van der Waals surface area (Å²) >= 11 is 6.05. The molecule has 1 saturated heterocycles. The van der Waals surface area contributed by atoms with Crippen LogP contribution in [0.15, 0.2) is 48.5 Å². The summed E-state index contributed by atoms with van der Waals surface area (Å²) in [7, 11) is 0. The average Bonchev–Trinajstić information content (AvgIpc) is 2.72. The quantitative estimate of drug-likeness (QED) is 0.681. The van der Waals surface area contributed by atoms with Gasteiger partial charge in [-0.3, -0.25) is 9.59 Å². The number of urea groups is 1. The van der Waals surface area contributed by atoms with E-state index >= 15 is 0 Å². The first-order valence-electron chi connectivity index (χ1n) is 9.61. The zero-order chi connectivity index (χ0) is 21.5. The van der Waals surface area contributed by atoms with Gasteiger partial charge in [-0.2, -0.15) is 0 Å². The van der Waals surface area contributed by atoms with Crippen LogP contribution >= 0.6 is 11.6 Å². The number of hydrogen-bond acceptors (Lipinski definition) is 4. The third-order valence-corrected chi connectivity index (χ3v) is 4.84. The molecule has 1 aliphatic rings. The van der Waals surface area contributed by atoms with Crippen LogP contribution in [-0.2, 0) is 9.59 Å². The highest BCUT2D eigenvalue weighted by Crippen LogP contribution is 2.20. The summed E-state index contributed by atoms with van der Waals surface area (Å²) in [5.41, 5.74) is 2.15. The van der Waals surface area contributed by atoms with Crippen molar-refractivity contribution in [2.75, 3.05) is 48.3 Å². The summed E-state index contributed by atoms with van der Waals surface area (Å²) in [6.07, 6.45) is 0. The predicted octanol–water partition coefficient (Wildman–Crippen LogP) is 2.77. The van der Waals surface area contributed by atoms with Gasteiger partial charge in [0.05, 0.1) is 6.54 Å². The van der Waals surface area contributed by atoms with Gasteiger partial charge < -0.3 is 25.8 Å². The molecule has 0 unspecified atom stereocenters. The molecule has 30 heavy (non-hydrogen) atoms. The number of carbonyl (C=O) groups excluding carboxylic acids is 3. The predicted molar refractivity (Wildman–Crippen MR) is 118 cm³/mol. The minimum atomic E-state index is -0.346. The van der Waals surface area contributed by atoms with Crippen LogP contribution in [-0.4, -0.2) is 55.5 Å². The molecule has 1 fully saturated rings. The van der Waals surface area contributed by atoms with Crippen LogP contribution in [0.4, 0.5) is 21.9 Å². The molecule has 2 aromatic rings. The molecule has 0 radical (unpaired) electrons. The highest BCUT2D eigenvalue weighted by Gasteiger charge is 2.21. The van der Waals surface area contributed by atoms with Gasteiger partial charge >= 0.3 is 6.03 Å². The Bertz CT molecular complexity index is 928. The Hall–Kier alpha value is -3.26. The fraction of sp³-hybridized carbons (Fsp3) is 0.286. The van der Waals surface area contributed by atoms with Crippen LogP contribution < -0.4 is 20.9 Å². The number of amides is 4. The molecule has 3 N–H and O–H groups in total. The fourth-order valence-corrected chi connectivity index (χ4v) is 3.38. The van der Waals surface area contributed by atoms with Crippen molar-refractivity contribution in [2.45, 2.75) is 6.92 Å². The average molecular weight is 430 g/mol. The number of anilines is 3. The van der Waals surface area contributed by atoms with Crippen molar-refractivity contribution in [1.29, 1.82) is 0 Å². The van der Waals surface area contributed by atoms with Gasteiger partial charge in [-0.25, -0.2) is 4.79 Å². The Labute approximate surface area is 180 Å². The first-order valence-corrected chi connectivity index (χ1v) is 9.99. The van der Waals surface area contributed by atoms with Crippen molar-refractivity contribution in [1.82, 2.24) is 10.2 Å². The molecule has 8 nitrogen and oxygen atoms in total. The molecule has 0 aliphatic carbocycles. The van der Waals surface area contributed by atoms with Gasteiger partial charge in [-0.1, -0.05) is 23.7 Å². The van der Waals surface area contributed by atoms with E-state index in [9.17, 15) is 14.4 Å². The van der Waals surface area contributed by atoms with Crippen LogP contribution in [0.25, 0.3) is 0 Å². The van der Waals surface area contributed by atoms with E-state index in [0.29, 0.717) is 42.6 Å². The lowest BCUT2D eigenvalue weighted by atomic mass is 10.2. The number of piperazine rings is 1. The van der Waals surface area contributed by atoms with Gasteiger partial charge in [0, 0.05) is 55.2 Å². The van der Waals surface area contributed by atoms with Crippen LogP contribution in [0, 0.1) is 0 Å². The Kier molecular flexibility index (Phi) is 7.13. The van der Waals surface area contributed by atoms with E-state index in [-0.39, 0.29) is 24.4 Å². The zero-order valence-electron chi connectivity index (χ0n) is 16.7. The summed E-state index contributed by atoms with van der Waals surface area (Å²) in [5.74, 6) is -0.540. The summed E-state index contributed by atoms with van der Waals surface area (Å²) in [4.78, 5) is 39.5. The smallest absolute Gasteiger partial charge is 0.317 e. The summed E-state index contributed by atoms with van der Waals surface area (Å²) in [5, 5.41) is 8.69.